The molecule has 5 nitrogen and oxygen atoms in total. The predicted molar refractivity (Wildman–Crippen MR) is 51.0 cm³/mol. The van der Waals surface area contributed by atoms with Crippen molar-refractivity contribution in [3.8, 4) is 0 Å². The first-order valence-electron chi connectivity index (χ1n) is 4.93. The zero-order chi connectivity index (χ0) is 12.2. The number of hydrogen-bond donors (Lipinski definition) is 0. The van der Waals surface area contributed by atoms with Gasteiger partial charge in [0.2, 0.25) is 0 Å². The second-order valence-electron chi connectivity index (χ2n) is 3.19. The molecule has 0 aliphatic heterocycles. The van der Waals surface area contributed by atoms with E-state index < -0.39 is 18.4 Å². The van der Waals surface area contributed by atoms with Gasteiger partial charge in [0, 0.05) is 6.20 Å². The number of hydrogen-bond acceptors (Lipinski definition) is 4. The Morgan fingerprint density at radius 3 is 2.75 bits per heavy atom. The Hall–Kier alpha value is -1.53. The Morgan fingerprint density at radius 1 is 1.56 bits per heavy atom. The van der Waals surface area contributed by atoms with Gasteiger partial charge in [0.15, 0.2) is 0 Å². The topological polar surface area (TPSA) is 57.0 Å². The molecule has 7 heteroatoms. The summed E-state index contributed by atoms with van der Waals surface area (Å²) >= 11 is 0. The van der Waals surface area contributed by atoms with E-state index in [1.165, 1.54) is 13.1 Å². The number of halogens is 2. The highest BCUT2D eigenvalue weighted by molar-refractivity contribution is 5.77. The van der Waals surface area contributed by atoms with E-state index in [4.69, 9.17) is 0 Å². The van der Waals surface area contributed by atoms with Gasteiger partial charge in [-0.15, -0.1) is 5.10 Å². The molecule has 0 aliphatic carbocycles. The van der Waals surface area contributed by atoms with E-state index in [-0.39, 0.29) is 6.61 Å². The molecule has 0 aromatic carbocycles. The molecule has 0 aliphatic rings. The molecule has 0 spiro atoms. The number of rotatable bonds is 5. The summed E-state index contributed by atoms with van der Waals surface area (Å²) in [6.07, 6.45) is 1.98. The fourth-order valence-electron chi connectivity index (χ4n) is 1.08. The van der Waals surface area contributed by atoms with Crippen LogP contribution in [0.3, 0.4) is 0 Å². The van der Waals surface area contributed by atoms with E-state index in [0.29, 0.717) is 12.1 Å². The first kappa shape index (κ1) is 12.5. The second-order valence-corrected chi connectivity index (χ2v) is 3.19. The van der Waals surface area contributed by atoms with Crippen LogP contribution in [-0.4, -0.2) is 33.5 Å². The molecule has 0 saturated carbocycles. The smallest absolute Gasteiger partial charge is 0.379 e. The third-order valence-electron chi connectivity index (χ3n) is 1.88. The van der Waals surface area contributed by atoms with Gasteiger partial charge in [0.1, 0.15) is 6.54 Å². The number of ether oxygens (including phenoxy) is 1. The Labute approximate surface area is 91.4 Å². The molecule has 16 heavy (non-hydrogen) atoms. The van der Waals surface area contributed by atoms with Gasteiger partial charge in [-0.3, -0.25) is 0 Å². The molecule has 0 atom stereocenters. The van der Waals surface area contributed by atoms with E-state index in [9.17, 15) is 13.6 Å². The first-order valence-corrected chi connectivity index (χ1v) is 4.93. The Bertz CT molecular complexity index is 365. The lowest BCUT2D eigenvalue weighted by molar-refractivity contribution is -0.173. The van der Waals surface area contributed by atoms with E-state index in [1.54, 1.807) is 0 Å². The van der Waals surface area contributed by atoms with Gasteiger partial charge in [-0.25, -0.2) is 9.48 Å². The zero-order valence-electron chi connectivity index (χ0n) is 9.11. The Kier molecular flexibility index (Phi) is 3.92. The molecule has 0 fully saturated rings. The highest BCUT2D eigenvalue weighted by Gasteiger charge is 2.41. The van der Waals surface area contributed by atoms with Gasteiger partial charge in [0.25, 0.3) is 0 Å². The Morgan fingerprint density at radius 2 is 2.25 bits per heavy atom. The van der Waals surface area contributed by atoms with Crippen molar-refractivity contribution in [2.45, 2.75) is 32.7 Å². The summed E-state index contributed by atoms with van der Waals surface area (Å²) in [5.41, 5.74) is 0.597. The van der Waals surface area contributed by atoms with Crippen molar-refractivity contribution in [3.63, 3.8) is 0 Å². The minimum Gasteiger partial charge on any atom is -0.462 e. The summed E-state index contributed by atoms with van der Waals surface area (Å²) in [5, 5.41) is 7.15. The lowest BCUT2D eigenvalue weighted by Gasteiger charge is -2.13. The van der Waals surface area contributed by atoms with Gasteiger partial charge in [-0.05, 0) is 13.3 Å². The Balaban J connectivity index is 2.67. The molecule has 1 heterocycles. The van der Waals surface area contributed by atoms with Gasteiger partial charge in [-0.2, -0.15) is 8.78 Å². The third kappa shape index (κ3) is 2.98. The molecule has 0 bridgehead atoms. The van der Waals surface area contributed by atoms with Crippen LogP contribution < -0.4 is 0 Å². The summed E-state index contributed by atoms with van der Waals surface area (Å²) in [6.45, 7) is 2.38. The van der Waals surface area contributed by atoms with Gasteiger partial charge >= 0.3 is 11.9 Å². The third-order valence-corrected chi connectivity index (χ3v) is 1.88. The minimum atomic E-state index is -3.57. The van der Waals surface area contributed by atoms with Crippen LogP contribution in [0.5, 0.6) is 0 Å². The van der Waals surface area contributed by atoms with Crippen LogP contribution in [0.15, 0.2) is 6.20 Å². The quantitative estimate of drug-likeness (QED) is 0.713. The maximum absolute atomic E-state index is 13.2. The largest absolute Gasteiger partial charge is 0.462 e. The molecule has 0 unspecified atom stereocenters. The molecule has 1 aromatic rings. The standard InChI is InChI=1S/C9H13F2N3O2/c1-3-7-5-14(13-12-7)6-9(10,11)8(15)16-4-2/h5H,3-4,6H2,1-2H3. The van der Waals surface area contributed by atoms with Crippen LogP contribution in [0.4, 0.5) is 8.78 Å². The average molecular weight is 233 g/mol. The van der Waals surface area contributed by atoms with Crippen LogP contribution in [0, 0.1) is 0 Å². The van der Waals surface area contributed by atoms with Crippen LogP contribution in [0.25, 0.3) is 0 Å². The van der Waals surface area contributed by atoms with E-state index in [0.717, 1.165) is 4.68 Å². The minimum absolute atomic E-state index is 0.0774. The van der Waals surface area contributed by atoms with Crippen molar-refractivity contribution in [1.82, 2.24) is 15.0 Å². The van der Waals surface area contributed by atoms with Crippen LogP contribution in [0.1, 0.15) is 19.5 Å². The number of carbonyl (C=O) groups excluding carboxylic acids is 1. The molecule has 0 radical (unpaired) electrons. The van der Waals surface area contributed by atoms with Crippen LogP contribution in [0.2, 0.25) is 0 Å². The van der Waals surface area contributed by atoms with Gasteiger partial charge < -0.3 is 4.74 Å². The van der Waals surface area contributed by atoms with Crippen LogP contribution in [-0.2, 0) is 22.5 Å². The number of nitrogens with zero attached hydrogens (tertiary/aromatic N) is 3. The fourth-order valence-corrected chi connectivity index (χ4v) is 1.08. The summed E-state index contributed by atoms with van der Waals surface area (Å²) in [6, 6.07) is 0. The van der Waals surface area contributed by atoms with Gasteiger partial charge in [0.05, 0.1) is 12.3 Å². The van der Waals surface area contributed by atoms with E-state index in [1.807, 2.05) is 6.92 Å². The first-order chi connectivity index (χ1) is 7.49. The molecular weight excluding hydrogens is 220 g/mol. The number of aryl methyl sites for hydroxylation is 1. The number of aromatic nitrogens is 3. The maximum Gasteiger partial charge on any atom is 0.379 e. The average Bonchev–Trinajstić information content (AvgIpc) is 2.65. The number of alkyl halides is 2. The number of esters is 1. The summed E-state index contributed by atoms with van der Waals surface area (Å²) in [5.74, 6) is -5.11. The lowest BCUT2D eigenvalue weighted by atomic mass is 10.3. The number of carbonyl (C=O) groups is 1. The van der Waals surface area contributed by atoms with Crippen molar-refractivity contribution in [2.75, 3.05) is 6.61 Å². The predicted octanol–water partition coefficient (Wildman–Crippen LogP) is 1.04. The normalized spacial score (nSPS) is 11.5. The van der Waals surface area contributed by atoms with Crippen molar-refractivity contribution in [3.05, 3.63) is 11.9 Å². The van der Waals surface area contributed by atoms with Gasteiger partial charge in [-0.1, -0.05) is 12.1 Å². The monoisotopic (exact) mass is 233 g/mol. The highest BCUT2D eigenvalue weighted by Crippen LogP contribution is 2.18. The maximum atomic E-state index is 13.2. The van der Waals surface area contributed by atoms with Crippen molar-refractivity contribution < 1.29 is 18.3 Å². The molecule has 0 amide bonds. The van der Waals surface area contributed by atoms with Crippen molar-refractivity contribution in [1.29, 1.82) is 0 Å². The molecule has 90 valence electrons. The summed E-state index contributed by atoms with van der Waals surface area (Å²) < 4.78 is 31.7. The second kappa shape index (κ2) is 5.00. The SMILES string of the molecule is CCOC(=O)C(F)(F)Cn1cc(CC)nn1. The molecule has 0 saturated heterocycles. The highest BCUT2D eigenvalue weighted by atomic mass is 19.3. The van der Waals surface area contributed by atoms with Crippen molar-refractivity contribution in [2.24, 2.45) is 0 Å². The zero-order valence-corrected chi connectivity index (χ0v) is 9.11. The summed E-state index contributed by atoms with van der Waals surface area (Å²) in [7, 11) is 0. The lowest BCUT2D eigenvalue weighted by Crippen LogP contribution is -2.35. The van der Waals surface area contributed by atoms with Crippen LogP contribution >= 0.6 is 0 Å². The molecular formula is C9H13F2N3O2. The molecule has 0 N–H and O–H groups in total. The van der Waals surface area contributed by atoms with Crippen molar-refractivity contribution >= 4 is 5.97 Å². The van der Waals surface area contributed by atoms with E-state index in [2.05, 4.69) is 15.0 Å². The molecule has 1 aromatic heterocycles. The van der Waals surface area contributed by atoms with E-state index >= 15 is 0 Å². The molecule has 1 rings (SSSR count). The fraction of sp³-hybridized carbons (Fsp3) is 0.667. The summed E-state index contributed by atoms with van der Waals surface area (Å²) in [4.78, 5) is 10.9.